The third-order valence-electron chi connectivity index (χ3n) is 4.29. The summed E-state index contributed by atoms with van der Waals surface area (Å²) in [7, 11) is 0. The molecule has 29 heavy (non-hydrogen) atoms. The number of thiocarbonyl (C=S) groups is 1. The number of benzene rings is 2. The third-order valence-corrected chi connectivity index (χ3v) is 4.57. The second kappa shape index (κ2) is 7.24. The zero-order valence-corrected chi connectivity index (χ0v) is 15.6. The first-order valence-corrected chi connectivity index (χ1v) is 8.91. The zero-order chi connectivity index (χ0) is 20.5. The van der Waals surface area contributed by atoms with Crippen LogP contribution in [0.5, 0.6) is 0 Å². The van der Waals surface area contributed by atoms with E-state index in [1.165, 1.54) is 40.4 Å². The standard InChI is InChI=1S/C19H13N5O4S/c25-16-11-22-18(26)15(10-12-6-8-14(9-7-12)24(27)28)20-17(23(22)19(29)21-16)13-4-2-1-3-5-13/h1-10H,11H2,(H,21,25,29)/b15-10-. The fourth-order valence-electron chi connectivity index (χ4n) is 2.96. The summed E-state index contributed by atoms with van der Waals surface area (Å²) in [5.74, 6) is -0.507. The number of nitrogens with one attached hydrogen (secondary N) is 1. The average molecular weight is 407 g/mol. The van der Waals surface area contributed by atoms with Gasteiger partial charge in [0, 0.05) is 17.7 Å². The Balaban J connectivity index is 1.81. The number of fused-ring (bicyclic) bond motifs is 1. The van der Waals surface area contributed by atoms with Crippen LogP contribution in [-0.4, -0.2) is 44.2 Å². The van der Waals surface area contributed by atoms with Crippen molar-refractivity contribution in [3.8, 4) is 0 Å². The summed E-state index contributed by atoms with van der Waals surface area (Å²) in [4.78, 5) is 39.7. The molecule has 0 unspecified atom stereocenters. The number of amidine groups is 1. The molecule has 0 aromatic heterocycles. The Bertz CT molecular complexity index is 1100. The van der Waals surface area contributed by atoms with Gasteiger partial charge in [-0.2, -0.15) is 0 Å². The molecule has 1 saturated heterocycles. The van der Waals surface area contributed by atoms with E-state index in [1.54, 1.807) is 0 Å². The SMILES string of the molecule is O=C1CN2C(=O)/C(=C/c3ccc([N+](=O)[O-])cc3)N=C(c3ccccc3)N2C(=S)N1. The molecule has 2 aromatic carbocycles. The van der Waals surface area contributed by atoms with Gasteiger partial charge in [0.05, 0.1) is 4.92 Å². The van der Waals surface area contributed by atoms with E-state index in [0.717, 1.165) is 0 Å². The van der Waals surface area contributed by atoms with Crippen molar-refractivity contribution in [1.82, 2.24) is 15.3 Å². The van der Waals surface area contributed by atoms with Crippen LogP contribution in [0.4, 0.5) is 5.69 Å². The van der Waals surface area contributed by atoms with Gasteiger partial charge in [-0.15, -0.1) is 0 Å². The lowest BCUT2D eigenvalue weighted by Gasteiger charge is -2.42. The van der Waals surface area contributed by atoms with E-state index >= 15 is 0 Å². The molecule has 2 aliphatic heterocycles. The van der Waals surface area contributed by atoms with Crippen molar-refractivity contribution in [3.05, 3.63) is 81.5 Å². The van der Waals surface area contributed by atoms with Crippen molar-refractivity contribution in [2.75, 3.05) is 6.54 Å². The van der Waals surface area contributed by atoms with Crippen LogP contribution in [0.25, 0.3) is 6.08 Å². The Morgan fingerprint density at radius 3 is 2.45 bits per heavy atom. The largest absolute Gasteiger partial charge is 0.300 e. The zero-order valence-electron chi connectivity index (χ0n) is 14.8. The fourth-order valence-corrected chi connectivity index (χ4v) is 3.26. The highest BCUT2D eigenvalue weighted by Crippen LogP contribution is 2.24. The number of nitrogens with zero attached hydrogens (tertiary/aromatic N) is 4. The summed E-state index contributed by atoms with van der Waals surface area (Å²) >= 11 is 5.25. The highest BCUT2D eigenvalue weighted by Gasteiger charge is 2.40. The predicted octanol–water partition coefficient (Wildman–Crippen LogP) is 1.86. The summed E-state index contributed by atoms with van der Waals surface area (Å²) in [6.45, 7) is -0.206. The average Bonchev–Trinajstić information content (AvgIpc) is 2.71. The van der Waals surface area contributed by atoms with E-state index in [0.29, 0.717) is 17.0 Å². The quantitative estimate of drug-likeness (QED) is 0.360. The number of aliphatic imine (C=N–C) groups is 1. The Labute approximate surface area is 170 Å². The normalized spacial score (nSPS) is 17.7. The number of carbonyl (C=O) groups is 2. The maximum atomic E-state index is 13.0. The van der Waals surface area contributed by atoms with Gasteiger partial charge in [0.1, 0.15) is 12.2 Å². The molecule has 4 rings (SSSR count). The van der Waals surface area contributed by atoms with Crippen molar-refractivity contribution in [3.63, 3.8) is 0 Å². The number of carbonyl (C=O) groups excluding carboxylic acids is 2. The molecule has 0 bridgehead atoms. The molecule has 0 radical (unpaired) electrons. The minimum absolute atomic E-state index is 0.0557. The smallest absolute Gasteiger partial charge is 0.292 e. The highest BCUT2D eigenvalue weighted by molar-refractivity contribution is 7.80. The molecule has 2 heterocycles. The molecular formula is C19H13N5O4S. The van der Waals surface area contributed by atoms with Crippen molar-refractivity contribution in [1.29, 1.82) is 0 Å². The van der Waals surface area contributed by atoms with Gasteiger partial charge < -0.3 is 0 Å². The van der Waals surface area contributed by atoms with Crippen molar-refractivity contribution >= 4 is 46.7 Å². The van der Waals surface area contributed by atoms with Crippen LogP contribution in [0.15, 0.2) is 65.3 Å². The van der Waals surface area contributed by atoms with Crippen LogP contribution in [0, 0.1) is 10.1 Å². The van der Waals surface area contributed by atoms with Gasteiger partial charge in [-0.05, 0) is 36.0 Å². The van der Waals surface area contributed by atoms with E-state index in [-0.39, 0.29) is 23.0 Å². The monoisotopic (exact) mass is 407 g/mol. The van der Waals surface area contributed by atoms with Crippen LogP contribution < -0.4 is 5.32 Å². The van der Waals surface area contributed by atoms with Crippen LogP contribution in [0.3, 0.4) is 0 Å². The number of nitro benzene ring substituents is 1. The number of nitro groups is 1. The maximum absolute atomic E-state index is 13.0. The molecule has 10 heteroatoms. The summed E-state index contributed by atoms with van der Waals surface area (Å²) in [5.41, 5.74) is 1.30. The summed E-state index contributed by atoms with van der Waals surface area (Å²) < 4.78 is 0. The van der Waals surface area contributed by atoms with Crippen molar-refractivity contribution in [2.45, 2.75) is 0 Å². The van der Waals surface area contributed by atoms with Crippen molar-refractivity contribution in [2.24, 2.45) is 4.99 Å². The van der Waals surface area contributed by atoms with Gasteiger partial charge in [-0.3, -0.25) is 25.0 Å². The molecule has 2 amide bonds. The predicted molar refractivity (Wildman–Crippen MR) is 108 cm³/mol. The lowest BCUT2D eigenvalue weighted by molar-refractivity contribution is -0.384. The minimum Gasteiger partial charge on any atom is -0.300 e. The number of amides is 2. The first-order valence-electron chi connectivity index (χ1n) is 8.50. The number of hydrogen-bond donors (Lipinski definition) is 1. The second-order valence-corrected chi connectivity index (χ2v) is 6.59. The van der Waals surface area contributed by atoms with Crippen LogP contribution in [0.1, 0.15) is 11.1 Å². The van der Waals surface area contributed by atoms with Gasteiger partial charge in [0.2, 0.25) is 11.0 Å². The molecule has 0 spiro atoms. The van der Waals surface area contributed by atoms with E-state index in [4.69, 9.17) is 12.2 Å². The molecule has 0 saturated carbocycles. The topological polar surface area (TPSA) is 108 Å². The first kappa shape index (κ1) is 18.4. The number of hydrazine groups is 1. The van der Waals surface area contributed by atoms with E-state index < -0.39 is 16.7 Å². The number of rotatable bonds is 3. The van der Waals surface area contributed by atoms with E-state index in [2.05, 4.69) is 10.3 Å². The molecule has 9 nitrogen and oxygen atoms in total. The van der Waals surface area contributed by atoms with Gasteiger partial charge in [0.25, 0.3) is 11.6 Å². The van der Waals surface area contributed by atoms with E-state index in [9.17, 15) is 19.7 Å². The molecular weight excluding hydrogens is 394 g/mol. The molecule has 0 atom stereocenters. The maximum Gasteiger partial charge on any atom is 0.292 e. The Morgan fingerprint density at radius 1 is 1.10 bits per heavy atom. The second-order valence-electron chi connectivity index (χ2n) is 6.21. The fraction of sp³-hybridized carbons (Fsp3) is 0.0526. The minimum atomic E-state index is -0.500. The third kappa shape index (κ3) is 3.48. The number of non-ortho nitro benzene ring substituents is 1. The van der Waals surface area contributed by atoms with Gasteiger partial charge in [-0.1, -0.05) is 30.3 Å². The lowest BCUT2D eigenvalue weighted by atomic mass is 10.1. The van der Waals surface area contributed by atoms with Gasteiger partial charge >= 0.3 is 0 Å². The number of hydrogen-bond acceptors (Lipinski definition) is 6. The molecule has 144 valence electrons. The molecule has 2 aliphatic rings. The summed E-state index contributed by atoms with van der Waals surface area (Å²) in [6, 6.07) is 14.9. The van der Waals surface area contributed by atoms with Crippen LogP contribution in [0.2, 0.25) is 0 Å². The Morgan fingerprint density at radius 2 is 1.79 bits per heavy atom. The summed E-state index contributed by atoms with van der Waals surface area (Å²) in [5, 5.41) is 16.1. The molecule has 0 aliphatic carbocycles. The molecule has 1 N–H and O–H groups in total. The van der Waals surface area contributed by atoms with Crippen LogP contribution >= 0.6 is 12.2 Å². The Kier molecular flexibility index (Phi) is 4.61. The Hall–Kier alpha value is -3.92. The van der Waals surface area contributed by atoms with Crippen molar-refractivity contribution < 1.29 is 14.5 Å². The van der Waals surface area contributed by atoms with Gasteiger partial charge in [-0.25, -0.2) is 15.0 Å². The lowest BCUT2D eigenvalue weighted by Crippen LogP contribution is -2.66. The first-order chi connectivity index (χ1) is 13.9. The van der Waals surface area contributed by atoms with Gasteiger partial charge in [0.15, 0.2) is 5.84 Å². The van der Waals surface area contributed by atoms with E-state index in [1.807, 2.05) is 30.3 Å². The van der Waals surface area contributed by atoms with Crippen LogP contribution in [-0.2, 0) is 9.59 Å². The summed E-state index contributed by atoms with van der Waals surface area (Å²) in [6.07, 6.45) is 1.52. The molecule has 2 aromatic rings. The highest BCUT2D eigenvalue weighted by atomic mass is 32.1. The molecule has 1 fully saturated rings.